The van der Waals surface area contributed by atoms with Gasteiger partial charge < -0.3 is 9.64 Å². The molecule has 1 aliphatic heterocycles. The molecule has 23 heavy (non-hydrogen) atoms. The van der Waals surface area contributed by atoms with E-state index in [0.29, 0.717) is 18.9 Å². The molecule has 0 spiro atoms. The van der Waals surface area contributed by atoms with Gasteiger partial charge in [0.2, 0.25) is 0 Å². The van der Waals surface area contributed by atoms with Crippen LogP contribution in [0.4, 0.5) is 8.78 Å². The maximum Gasteiger partial charge on any atom is 0.127 e. The van der Waals surface area contributed by atoms with Crippen LogP contribution in [0.25, 0.3) is 0 Å². The zero-order valence-electron chi connectivity index (χ0n) is 14.4. The first-order valence-corrected chi connectivity index (χ1v) is 9.84. The van der Waals surface area contributed by atoms with Crippen LogP contribution in [0.15, 0.2) is 0 Å². The first-order chi connectivity index (χ1) is 11.2. The summed E-state index contributed by atoms with van der Waals surface area (Å²) >= 11 is 0. The van der Waals surface area contributed by atoms with E-state index >= 15 is 0 Å². The summed E-state index contributed by atoms with van der Waals surface area (Å²) in [5.41, 5.74) is 0. The Kier molecular flexibility index (Phi) is 6.70. The summed E-state index contributed by atoms with van der Waals surface area (Å²) in [6, 6.07) is 0. The van der Waals surface area contributed by atoms with Crippen LogP contribution in [0, 0.1) is 11.8 Å². The van der Waals surface area contributed by atoms with E-state index in [0.717, 1.165) is 26.1 Å². The summed E-state index contributed by atoms with van der Waals surface area (Å²) in [4.78, 5) is 2.36. The lowest BCUT2D eigenvalue weighted by atomic mass is 9.75. The molecule has 0 bridgehead atoms. The molecule has 1 heterocycles. The standard InChI is InChI=1S/C19H33F2NO/c20-17-14-19(23-11-10-22-8-4-5-9-22)18(21)13-16(17)12-15-6-2-1-3-7-15/h15-19H,1-14H2. The van der Waals surface area contributed by atoms with Crippen molar-refractivity contribution in [2.24, 2.45) is 11.8 Å². The van der Waals surface area contributed by atoms with Gasteiger partial charge in [-0.2, -0.15) is 0 Å². The number of halogens is 2. The van der Waals surface area contributed by atoms with Gasteiger partial charge >= 0.3 is 0 Å². The molecule has 134 valence electrons. The Balaban J connectivity index is 1.39. The van der Waals surface area contributed by atoms with E-state index in [4.69, 9.17) is 4.74 Å². The lowest BCUT2D eigenvalue weighted by Crippen LogP contribution is -2.41. The van der Waals surface area contributed by atoms with E-state index in [1.807, 2.05) is 0 Å². The van der Waals surface area contributed by atoms with E-state index < -0.39 is 18.4 Å². The molecule has 0 aromatic heterocycles. The minimum absolute atomic E-state index is 0.0773. The van der Waals surface area contributed by atoms with Gasteiger partial charge in [0.1, 0.15) is 12.3 Å². The van der Waals surface area contributed by atoms with Gasteiger partial charge in [0, 0.05) is 13.0 Å². The van der Waals surface area contributed by atoms with Gasteiger partial charge in [0.05, 0.1) is 12.7 Å². The van der Waals surface area contributed by atoms with Crippen LogP contribution in [0.2, 0.25) is 0 Å². The van der Waals surface area contributed by atoms with Crippen molar-refractivity contribution in [1.29, 1.82) is 0 Å². The molecule has 3 fully saturated rings. The molecule has 2 aliphatic carbocycles. The van der Waals surface area contributed by atoms with Gasteiger partial charge in [-0.1, -0.05) is 32.1 Å². The van der Waals surface area contributed by atoms with Crippen molar-refractivity contribution in [3.05, 3.63) is 0 Å². The van der Waals surface area contributed by atoms with E-state index in [2.05, 4.69) is 4.90 Å². The second-order valence-electron chi connectivity index (χ2n) is 7.96. The van der Waals surface area contributed by atoms with Crippen molar-refractivity contribution >= 4 is 0 Å². The molecule has 0 radical (unpaired) electrons. The molecule has 4 unspecified atom stereocenters. The van der Waals surface area contributed by atoms with Crippen LogP contribution in [-0.4, -0.2) is 49.6 Å². The average molecular weight is 329 g/mol. The third kappa shape index (κ3) is 5.12. The Morgan fingerprint density at radius 2 is 1.61 bits per heavy atom. The monoisotopic (exact) mass is 329 g/mol. The lowest BCUT2D eigenvalue weighted by molar-refractivity contribution is -0.0688. The highest BCUT2D eigenvalue weighted by Crippen LogP contribution is 2.38. The molecule has 0 amide bonds. The number of nitrogens with zero attached hydrogens (tertiary/aromatic N) is 1. The van der Waals surface area contributed by atoms with E-state index in [1.54, 1.807) is 0 Å². The molecule has 0 aromatic carbocycles. The topological polar surface area (TPSA) is 12.5 Å². The van der Waals surface area contributed by atoms with Gasteiger partial charge in [-0.3, -0.25) is 0 Å². The van der Waals surface area contributed by atoms with E-state index in [-0.39, 0.29) is 12.3 Å². The quantitative estimate of drug-likeness (QED) is 0.710. The summed E-state index contributed by atoms with van der Waals surface area (Å²) in [7, 11) is 0. The highest BCUT2D eigenvalue weighted by molar-refractivity contribution is 4.88. The second-order valence-corrected chi connectivity index (χ2v) is 7.96. The van der Waals surface area contributed by atoms with Crippen LogP contribution in [0.1, 0.15) is 64.2 Å². The van der Waals surface area contributed by atoms with Gasteiger partial charge in [0.25, 0.3) is 0 Å². The maximum atomic E-state index is 14.5. The number of hydrogen-bond acceptors (Lipinski definition) is 2. The van der Waals surface area contributed by atoms with Crippen molar-refractivity contribution < 1.29 is 13.5 Å². The Morgan fingerprint density at radius 3 is 2.35 bits per heavy atom. The predicted octanol–water partition coefficient (Wildman–Crippen LogP) is 4.52. The predicted molar refractivity (Wildman–Crippen MR) is 89.1 cm³/mol. The summed E-state index contributed by atoms with van der Waals surface area (Å²) < 4.78 is 34.6. The van der Waals surface area contributed by atoms with E-state index in [1.165, 1.54) is 44.9 Å². The molecular formula is C19H33F2NO. The van der Waals surface area contributed by atoms with Crippen LogP contribution in [-0.2, 0) is 4.74 Å². The summed E-state index contributed by atoms with van der Waals surface area (Å²) in [5, 5.41) is 0. The molecular weight excluding hydrogens is 296 g/mol. The SMILES string of the molecule is FC1CC(OCCN2CCCC2)C(F)CC1CC1CCCCC1. The van der Waals surface area contributed by atoms with Gasteiger partial charge in [0.15, 0.2) is 0 Å². The van der Waals surface area contributed by atoms with Crippen LogP contribution in [0.3, 0.4) is 0 Å². The molecule has 4 heteroatoms. The number of rotatable bonds is 6. The second kappa shape index (κ2) is 8.75. The molecule has 2 nitrogen and oxygen atoms in total. The van der Waals surface area contributed by atoms with Crippen molar-refractivity contribution in [3.63, 3.8) is 0 Å². The van der Waals surface area contributed by atoms with Crippen molar-refractivity contribution in [3.8, 4) is 0 Å². The van der Waals surface area contributed by atoms with Gasteiger partial charge in [-0.05, 0) is 50.6 Å². The van der Waals surface area contributed by atoms with Gasteiger partial charge in [-0.25, -0.2) is 8.78 Å². The lowest BCUT2D eigenvalue weighted by Gasteiger charge is -2.36. The fourth-order valence-electron chi connectivity index (χ4n) is 4.76. The van der Waals surface area contributed by atoms with Crippen LogP contribution in [0.5, 0.6) is 0 Å². The largest absolute Gasteiger partial charge is 0.374 e. The molecule has 0 N–H and O–H groups in total. The molecule has 3 aliphatic rings. The summed E-state index contributed by atoms with van der Waals surface area (Å²) in [6.07, 6.45) is 7.96. The summed E-state index contributed by atoms with van der Waals surface area (Å²) in [5.74, 6) is 0.554. The average Bonchev–Trinajstić information content (AvgIpc) is 3.06. The molecule has 0 aromatic rings. The first-order valence-electron chi connectivity index (χ1n) is 9.84. The highest BCUT2D eigenvalue weighted by atomic mass is 19.1. The summed E-state index contributed by atoms with van der Waals surface area (Å²) in [6.45, 7) is 3.67. The Labute approximate surface area is 139 Å². The zero-order valence-corrected chi connectivity index (χ0v) is 14.4. The minimum Gasteiger partial charge on any atom is -0.374 e. The fraction of sp³-hybridized carbons (Fsp3) is 1.00. The minimum atomic E-state index is -0.978. The number of ether oxygens (including phenoxy) is 1. The third-order valence-electron chi connectivity index (χ3n) is 6.20. The number of hydrogen-bond donors (Lipinski definition) is 0. The fourth-order valence-corrected chi connectivity index (χ4v) is 4.76. The van der Waals surface area contributed by atoms with Gasteiger partial charge in [-0.15, -0.1) is 0 Å². The molecule has 4 atom stereocenters. The number of alkyl halides is 2. The first kappa shape index (κ1) is 17.6. The van der Waals surface area contributed by atoms with Crippen LogP contribution >= 0.6 is 0 Å². The van der Waals surface area contributed by atoms with Crippen molar-refractivity contribution in [1.82, 2.24) is 4.90 Å². The Bertz CT molecular complexity index is 342. The molecule has 1 saturated heterocycles. The molecule has 2 saturated carbocycles. The smallest absolute Gasteiger partial charge is 0.127 e. The zero-order chi connectivity index (χ0) is 16.1. The third-order valence-corrected chi connectivity index (χ3v) is 6.20. The normalized spacial score (nSPS) is 37.3. The van der Waals surface area contributed by atoms with E-state index in [9.17, 15) is 8.78 Å². The highest BCUT2D eigenvalue weighted by Gasteiger charge is 2.39. The Morgan fingerprint density at radius 1 is 0.870 bits per heavy atom. The van der Waals surface area contributed by atoms with Crippen LogP contribution < -0.4 is 0 Å². The Hall–Kier alpha value is -0.220. The molecule has 3 rings (SSSR count). The number of likely N-dealkylation sites (tertiary alicyclic amines) is 1. The van der Waals surface area contributed by atoms with Crippen molar-refractivity contribution in [2.45, 2.75) is 82.7 Å². The maximum absolute atomic E-state index is 14.5. The van der Waals surface area contributed by atoms with Crippen molar-refractivity contribution in [2.75, 3.05) is 26.2 Å².